The van der Waals surface area contributed by atoms with Crippen LogP contribution in [0.1, 0.15) is 18.9 Å². The highest BCUT2D eigenvalue weighted by atomic mass is 16.5. The van der Waals surface area contributed by atoms with Crippen LogP contribution in [0.2, 0.25) is 0 Å². The van der Waals surface area contributed by atoms with Crippen molar-refractivity contribution in [3.05, 3.63) is 29.8 Å². The maximum absolute atomic E-state index is 8.72. The van der Waals surface area contributed by atoms with Crippen LogP contribution in [0.4, 0.5) is 0 Å². The predicted octanol–water partition coefficient (Wildman–Crippen LogP) is 2.32. The van der Waals surface area contributed by atoms with Gasteiger partial charge in [-0.1, -0.05) is 17.3 Å². The molecular formula is C14H21NO4. The topological polar surface area (TPSA) is 60.3 Å². The molecule has 0 atom stereocenters. The molecule has 1 aromatic rings. The van der Waals surface area contributed by atoms with Crippen molar-refractivity contribution < 1.29 is 19.4 Å². The summed E-state index contributed by atoms with van der Waals surface area (Å²) in [4.78, 5) is 0. The Bertz CT molecular complexity index is 393. The van der Waals surface area contributed by atoms with Gasteiger partial charge in [0.05, 0.1) is 25.5 Å². The highest BCUT2D eigenvalue weighted by molar-refractivity contribution is 5.98. The Labute approximate surface area is 113 Å². The van der Waals surface area contributed by atoms with Crippen molar-refractivity contribution in [2.24, 2.45) is 5.16 Å². The first-order chi connectivity index (χ1) is 9.27. The first-order valence-electron chi connectivity index (χ1n) is 6.26. The lowest BCUT2D eigenvalue weighted by molar-refractivity contribution is 0.0644. The maximum atomic E-state index is 8.72. The fraction of sp³-hybridized carbons (Fsp3) is 0.500. The first kappa shape index (κ1) is 15.5. The molecular weight excluding hydrogens is 246 g/mol. The monoisotopic (exact) mass is 267 g/mol. The molecule has 0 unspecified atom stereocenters. The zero-order valence-electron chi connectivity index (χ0n) is 11.5. The van der Waals surface area contributed by atoms with E-state index in [0.717, 1.165) is 17.7 Å². The van der Waals surface area contributed by atoms with Crippen molar-refractivity contribution >= 4 is 5.71 Å². The lowest BCUT2D eigenvalue weighted by Gasteiger charge is -2.08. The molecule has 0 bridgehead atoms. The summed E-state index contributed by atoms with van der Waals surface area (Å²) in [5.74, 6) is 0.761. The highest BCUT2D eigenvalue weighted by Gasteiger charge is 2.00. The highest BCUT2D eigenvalue weighted by Crippen LogP contribution is 2.14. The van der Waals surface area contributed by atoms with Gasteiger partial charge in [0.1, 0.15) is 5.75 Å². The molecule has 0 amide bonds. The zero-order chi connectivity index (χ0) is 13.9. The van der Waals surface area contributed by atoms with E-state index in [-0.39, 0.29) is 0 Å². The van der Waals surface area contributed by atoms with Crippen LogP contribution in [0.15, 0.2) is 29.4 Å². The van der Waals surface area contributed by atoms with E-state index in [1.165, 1.54) is 0 Å². The average molecular weight is 267 g/mol. The molecule has 0 saturated carbocycles. The maximum Gasteiger partial charge on any atom is 0.119 e. The standard InChI is InChI=1S/C14H21NO4/c1-12(15-16)13-5-3-6-14(11-13)19-8-4-7-18-10-9-17-2/h3,5-6,11,16H,4,7-10H2,1-2H3/b15-12+. The fourth-order valence-corrected chi connectivity index (χ4v) is 1.46. The number of ether oxygens (including phenoxy) is 3. The van der Waals surface area contributed by atoms with Crippen LogP contribution in [0.25, 0.3) is 0 Å². The minimum absolute atomic E-state index is 0.563. The molecule has 106 valence electrons. The van der Waals surface area contributed by atoms with Crippen molar-refractivity contribution in [3.8, 4) is 5.75 Å². The minimum Gasteiger partial charge on any atom is -0.493 e. The third kappa shape index (κ3) is 6.22. The van der Waals surface area contributed by atoms with Gasteiger partial charge in [-0.2, -0.15) is 0 Å². The van der Waals surface area contributed by atoms with Crippen LogP contribution in [-0.2, 0) is 9.47 Å². The van der Waals surface area contributed by atoms with Crippen LogP contribution < -0.4 is 4.74 Å². The molecule has 0 aliphatic rings. The van der Waals surface area contributed by atoms with E-state index in [1.54, 1.807) is 14.0 Å². The van der Waals surface area contributed by atoms with Gasteiger partial charge in [-0.05, 0) is 19.1 Å². The van der Waals surface area contributed by atoms with Crippen LogP contribution >= 0.6 is 0 Å². The van der Waals surface area contributed by atoms with Crippen molar-refractivity contribution in [1.82, 2.24) is 0 Å². The van der Waals surface area contributed by atoms with Gasteiger partial charge in [-0.15, -0.1) is 0 Å². The molecule has 5 nitrogen and oxygen atoms in total. The molecule has 0 spiro atoms. The van der Waals surface area contributed by atoms with Crippen molar-refractivity contribution in [2.45, 2.75) is 13.3 Å². The Kier molecular flexibility index (Phi) is 7.62. The van der Waals surface area contributed by atoms with Gasteiger partial charge < -0.3 is 19.4 Å². The predicted molar refractivity (Wildman–Crippen MR) is 73.2 cm³/mol. The molecule has 5 heteroatoms. The number of hydrogen-bond donors (Lipinski definition) is 1. The second-order valence-corrected chi connectivity index (χ2v) is 4.02. The van der Waals surface area contributed by atoms with Crippen LogP contribution in [-0.4, -0.2) is 44.5 Å². The summed E-state index contributed by atoms with van der Waals surface area (Å²) in [6, 6.07) is 7.46. The normalized spacial score (nSPS) is 11.6. The number of rotatable bonds is 9. The van der Waals surface area contributed by atoms with E-state index < -0.39 is 0 Å². The van der Waals surface area contributed by atoms with Crippen LogP contribution in [0.5, 0.6) is 5.75 Å². The second-order valence-electron chi connectivity index (χ2n) is 4.02. The van der Waals surface area contributed by atoms with E-state index in [0.29, 0.717) is 32.1 Å². The van der Waals surface area contributed by atoms with Gasteiger partial charge in [0.2, 0.25) is 0 Å². The Morgan fingerprint density at radius 3 is 2.79 bits per heavy atom. The SMILES string of the molecule is COCCOCCCOc1cccc(/C(C)=N/O)c1. The molecule has 0 aliphatic heterocycles. The fourth-order valence-electron chi connectivity index (χ4n) is 1.46. The van der Waals surface area contributed by atoms with Crippen LogP contribution in [0.3, 0.4) is 0 Å². The third-order valence-corrected chi connectivity index (χ3v) is 2.54. The molecule has 0 fully saturated rings. The first-order valence-corrected chi connectivity index (χ1v) is 6.26. The summed E-state index contributed by atoms with van der Waals surface area (Å²) in [6.45, 7) is 4.20. The molecule has 1 N–H and O–H groups in total. The number of methoxy groups -OCH3 is 1. The summed E-state index contributed by atoms with van der Waals surface area (Å²) in [5, 5.41) is 11.9. The average Bonchev–Trinajstić information content (AvgIpc) is 2.46. The summed E-state index contributed by atoms with van der Waals surface area (Å²) in [7, 11) is 1.65. The van der Waals surface area contributed by atoms with Gasteiger partial charge in [-0.25, -0.2) is 0 Å². The van der Waals surface area contributed by atoms with Gasteiger partial charge in [0.25, 0.3) is 0 Å². The number of hydrogen-bond acceptors (Lipinski definition) is 5. The van der Waals surface area contributed by atoms with Crippen molar-refractivity contribution in [2.75, 3.05) is 33.5 Å². The van der Waals surface area contributed by atoms with E-state index in [9.17, 15) is 0 Å². The van der Waals surface area contributed by atoms with Crippen LogP contribution in [0, 0.1) is 0 Å². The Morgan fingerprint density at radius 1 is 1.21 bits per heavy atom. The summed E-state index contributed by atoms with van der Waals surface area (Å²) >= 11 is 0. The quantitative estimate of drug-likeness (QED) is 0.323. The second kappa shape index (κ2) is 9.35. The van der Waals surface area contributed by atoms with Gasteiger partial charge in [-0.3, -0.25) is 0 Å². The number of benzene rings is 1. The molecule has 0 heterocycles. The van der Waals surface area contributed by atoms with Crippen molar-refractivity contribution in [3.63, 3.8) is 0 Å². The number of nitrogens with zero attached hydrogens (tertiary/aromatic N) is 1. The molecule has 19 heavy (non-hydrogen) atoms. The molecule has 0 aromatic heterocycles. The van der Waals surface area contributed by atoms with E-state index in [4.69, 9.17) is 19.4 Å². The lowest BCUT2D eigenvalue weighted by Crippen LogP contribution is -2.07. The van der Waals surface area contributed by atoms with E-state index >= 15 is 0 Å². The molecule has 1 rings (SSSR count). The van der Waals surface area contributed by atoms with E-state index in [2.05, 4.69) is 5.16 Å². The molecule has 0 aliphatic carbocycles. The van der Waals surface area contributed by atoms with Gasteiger partial charge >= 0.3 is 0 Å². The molecule has 1 aromatic carbocycles. The molecule has 0 saturated heterocycles. The van der Waals surface area contributed by atoms with E-state index in [1.807, 2.05) is 24.3 Å². The molecule has 0 radical (unpaired) electrons. The third-order valence-electron chi connectivity index (χ3n) is 2.54. The Balaban J connectivity index is 2.26. The zero-order valence-corrected chi connectivity index (χ0v) is 11.5. The minimum atomic E-state index is 0.563. The Hall–Kier alpha value is -1.59. The van der Waals surface area contributed by atoms with Crippen molar-refractivity contribution in [1.29, 1.82) is 0 Å². The van der Waals surface area contributed by atoms with Gasteiger partial charge in [0.15, 0.2) is 0 Å². The van der Waals surface area contributed by atoms with Gasteiger partial charge in [0, 0.05) is 25.7 Å². The number of oxime groups is 1. The summed E-state index contributed by atoms with van der Waals surface area (Å²) in [5.41, 5.74) is 1.41. The smallest absolute Gasteiger partial charge is 0.119 e. The lowest BCUT2D eigenvalue weighted by atomic mass is 10.1. The summed E-state index contributed by atoms with van der Waals surface area (Å²) < 4.78 is 15.8. The summed E-state index contributed by atoms with van der Waals surface area (Å²) in [6.07, 6.45) is 0.820. The Morgan fingerprint density at radius 2 is 2.05 bits per heavy atom. The largest absolute Gasteiger partial charge is 0.493 e.